The molecule has 1 aromatic carbocycles. The van der Waals surface area contributed by atoms with E-state index in [0.717, 1.165) is 17.2 Å². The van der Waals surface area contributed by atoms with Crippen LogP contribution in [0.25, 0.3) is 0 Å². The van der Waals surface area contributed by atoms with Crippen LogP contribution in [0.2, 0.25) is 0 Å². The molecule has 2 heterocycles. The predicted octanol–water partition coefficient (Wildman–Crippen LogP) is 3.33. The van der Waals surface area contributed by atoms with E-state index in [-0.39, 0.29) is 30.7 Å². The molecular weight excluding hydrogens is 482 g/mol. The van der Waals surface area contributed by atoms with Gasteiger partial charge in [-0.1, -0.05) is 19.1 Å². The normalized spacial score (nSPS) is 14.3. The number of likely N-dealkylation sites (N-methyl/N-ethyl adjacent to an activating group) is 1. The summed E-state index contributed by atoms with van der Waals surface area (Å²) in [5.41, 5.74) is 8.65. The number of benzene rings is 1. The number of anilines is 2. The van der Waals surface area contributed by atoms with Gasteiger partial charge < -0.3 is 20.7 Å². The van der Waals surface area contributed by atoms with Gasteiger partial charge in [-0.2, -0.15) is 0 Å². The molecule has 0 fully saturated rings. The summed E-state index contributed by atoms with van der Waals surface area (Å²) in [6, 6.07) is 12.7. The smallest absolute Gasteiger partial charge is 0.307 e. The van der Waals surface area contributed by atoms with E-state index in [4.69, 9.17) is 15.9 Å². The van der Waals surface area contributed by atoms with E-state index < -0.39 is 0 Å². The molecule has 0 radical (unpaired) electrons. The largest absolute Gasteiger partial charge is 0.466 e. The third-order valence-electron chi connectivity index (χ3n) is 6.04. The fraction of sp³-hybridized carbons (Fsp3) is 0.321. The average Bonchev–Trinajstić information content (AvgIpc) is 3.28. The van der Waals surface area contributed by atoms with Gasteiger partial charge in [-0.3, -0.25) is 24.9 Å². The Kier molecular flexibility index (Phi) is 10.2. The van der Waals surface area contributed by atoms with Crippen LogP contribution in [0.4, 0.5) is 11.5 Å². The highest BCUT2D eigenvalue weighted by molar-refractivity contribution is 6.05. The third kappa shape index (κ3) is 7.52. The summed E-state index contributed by atoms with van der Waals surface area (Å²) in [5, 5.41) is 10.8. The molecule has 1 aromatic heterocycles. The summed E-state index contributed by atoms with van der Waals surface area (Å²) >= 11 is 0. The molecule has 10 heteroatoms. The number of nitrogen functional groups attached to an aromatic ring is 1. The highest BCUT2D eigenvalue weighted by Crippen LogP contribution is 2.18. The third-order valence-corrected chi connectivity index (χ3v) is 6.04. The Morgan fingerprint density at radius 1 is 1.21 bits per heavy atom. The van der Waals surface area contributed by atoms with Crippen molar-refractivity contribution in [3.05, 3.63) is 77.6 Å². The highest BCUT2D eigenvalue weighted by atomic mass is 16.5. The summed E-state index contributed by atoms with van der Waals surface area (Å²) in [4.78, 5) is 37.9. The summed E-state index contributed by atoms with van der Waals surface area (Å²) in [7, 11) is 1.94. The molecular formula is C28H35N7O3. The number of aliphatic imine (C=N–C) groups is 1. The van der Waals surface area contributed by atoms with Gasteiger partial charge in [-0.05, 0) is 55.8 Å². The van der Waals surface area contributed by atoms with E-state index in [1.807, 2.05) is 49.2 Å². The van der Waals surface area contributed by atoms with Gasteiger partial charge in [0.15, 0.2) is 0 Å². The fourth-order valence-corrected chi connectivity index (χ4v) is 3.82. The molecule has 1 aliphatic rings. The van der Waals surface area contributed by atoms with Gasteiger partial charge in [-0.15, -0.1) is 0 Å². The zero-order chi connectivity index (χ0) is 27.5. The predicted molar refractivity (Wildman–Crippen MR) is 150 cm³/mol. The number of esters is 1. The van der Waals surface area contributed by atoms with Crippen LogP contribution < -0.4 is 16.0 Å². The van der Waals surface area contributed by atoms with Crippen LogP contribution in [0, 0.1) is 5.41 Å². The molecule has 10 nitrogen and oxygen atoms in total. The molecule has 0 bridgehead atoms. The number of nitrogens with two attached hydrogens (primary N) is 1. The first-order chi connectivity index (χ1) is 18.3. The van der Waals surface area contributed by atoms with Crippen molar-refractivity contribution in [2.45, 2.75) is 26.7 Å². The maximum absolute atomic E-state index is 13.5. The lowest BCUT2D eigenvalue weighted by Gasteiger charge is -2.22. The number of carbonyl (C=O) groups is 2. The van der Waals surface area contributed by atoms with Crippen LogP contribution in [0.5, 0.6) is 0 Å². The molecule has 0 saturated heterocycles. The Bertz CT molecular complexity index is 1220. The van der Waals surface area contributed by atoms with E-state index in [0.29, 0.717) is 43.1 Å². The lowest BCUT2D eigenvalue weighted by Crippen LogP contribution is -2.35. The van der Waals surface area contributed by atoms with Gasteiger partial charge in [0.25, 0.3) is 5.91 Å². The molecule has 2 aromatic rings. The number of ether oxygens (including phenoxy) is 1. The SMILES string of the molecule is CCOC(=O)CCN(C(=O)C(=CC=C1CN=C(CNc2ccc(C(=N)N)cc2)N1C)CC)c1ccccn1. The van der Waals surface area contributed by atoms with Crippen molar-refractivity contribution >= 4 is 35.1 Å². The molecule has 0 unspecified atom stereocenters. The summed E-state index contributed by atoms with van der Waals surface area (Å²) in [5.74, 6) is 0.830. The summed E-state index contributed by atoms with van der Waals surface area (Å²) in [6.07, 6.45) is 5.95. The van der Waals surface area contributed by atoms with Crippen molar-refractivity contribution in [1.82, 2.24) is 9.88 Å². The molecule has 1 amide bonds. The number of rotatable bonds is 12. The van der Waals surface area contributed by atoms with Crippen LogP contribution in [0.3, 0.4) is 0 Å². The quantitative estimate of drug-likeness (QED) is 0.170. The number of nitrogens with one attached hydrogen (secondary N) is 2. The average molecular weight is 518 g/mol. The second-order valence-corrected chi connectivity index (χ2v) is 8.54. The van der Waals surface area contributed by atoms with E-state index in [1.54, 1.807) is 37.4 Å². The Morgan fingerprint density at radius 2 is 1.97 bits per heavy atom. The lowest BCUT2D eigenvalue weighted by atomic mass is 10.1. The number of aromatic nitrogens is 1. The first kappa shape index (κ1) is 28.1. The van der Waals surface area contributed by atoms with Crippen molar-refractivity contribution < 1.29 is 14.3 Å². The van der Waals surface area contributed by atoms with Crippen LogP contribution in [-0.2, 0) is 14.3 Å². The minimum absolute atomic E-state index is 0.0337. The number of amides is 1. The zero-order valence-electron chi connectivity index (χ0n) is 22.1. The minimum Gasteiger partial charge on any atom is -0.466 e. The zero-order valence-corrected chi connectivity index (χ0v) is 22.1. The molecule has 4 N–H and O–H groups in total. The lowest BCUT2D eigenvalue weighted by molar-refractivity contribution is -0.142. The molecule has 0 saturated carbocycles. The molecule has 1 aliphatic heterocycles. The second kappa shape index (κ2) is 13.7. The van der Waals surface area contributed by atoms with Crippen molar-refractivity contribution in [2.24, 2.45) is 10.7 Å². The van der Waals surface area contributed by atoms with E-state index in [9.17, 15) is 9.59 Å². The number of pyridine rings is 1. The standard InChI is InChI=1S/C28H35N7O3/c1-4-20(28(37)35(17-15-26(36)38-5-2)24-8-6-7-16-31-24)11-14-23-18-33-25(34(23)3)19-32-22-12-9-21(10-13-22)27(29)30/h6-14,16,32H,4-5,15,17-19H2,1-3H3,(H3,29,30). The van der Waals surface area contributed by atoms with Crippen LogP contribution in [0.1, 0.15) is 32.3 Å². The van der Waals surface area contributed by atoms with Gasteiger partial charge in [0, 0.05) is 42.3 Å². The van der Waals surface area contributed by atoms with Gasteiger partial charge in [0.2, 0.25) is 0 Å². The second-order valence-electron chi connectivity index (χ2n) is 8.54. The number of nitrogens with zero attached hydrogens (tertiary/aromatic N) is 4. The maximum Gasteiger partial charge on any atom is 0.307 e. The molecule has 200 valence electrons. The van der Waals surface area contributed by atoms with E-state index in [1.165, 1.54) is 4.90 Å². The van der Waals surface area contributed by atoms with Crippen LogP contribution in [-0.4, -0.2) is 66.7 Å². The molecule has 38 heavy (non-hydrogen) atoms. The van der Waals surface area contributed by atoms with Gasteiger partial charge >= 0.3 is 5.97 Å². The fourth-order valence-electron chi connectivity index (χ4n) is 3.82. The van der Waals surface area contributed by atoms with Crippen molar-refractivity contribution in [2.75, 3.05) is 43.5 Å². The Labute approximate surface area is 223 Å². The first-order valence-electron chi connectivity index (χ1n) is 12.6. The monoisotopic (exact) mass is 517 g/mol. The summed E-state index contributed by atoms with van der Waals surface area (Å²) < 4.78 is 5.04. The number of carbonyl (C=O) groups excluding carboxylic acids is 2. The number of hydrogen-bond acceptors (Lipinski definition) is 8. The molecule has 0 atom stereocenters. The number of amidine groups is 2. The van der Waals surface area contributed by atoms with Crippen LogP contribution >= 0.6 is 0 Å². The van der Waals surface area contributed by atoms with Crippen LogP contribution in [0.15, 0.2) is 77.1 Å². The number of allylic oxidation sites excluding steroid dienone is 2. The van der Waals surface area contributed by atoms with E-state index >= 15 is 0 Å². The van der Waals surface area contributed by atoms with Gasteiger partial charge in [0.1, 0.15) is 17.5 Å². The van der Waals surface area contributed by atoms with Gasteiger partial charge in [-0.25, -0.2) is 4.98 Å². The molecule has 0 spiro atoms. The molecule has 3 rings (SSSR count). The van der Waals surface area contributed by atoms with E-state index in [2.05, 4.69) is 15.3 Å². The highest BCUT2D eigenvalue weighted by Gasteiger charge is 2.22. The first-order valence-corrected chi connectivity index (χ1v) is 12.6. The van der Waals surface area contributed by atoms with Crippen molar-refractivity contribution in [3.63, 3.8) is 0 Å². The minimum atomic E-state index is -0.356. The topological polar surface area (TPSA) is 137 Å². The number of hydrogen-bond donors (Lipinski definition) is 3. The Balaban J connectivity index is 1.68. The van der Waals surface area contributed by atoms with Crippen molar-refractivity contribution in [3.8, 4) is 0 Å². The Morgan fingerprint density at radius 3 is 2.61 bits per heavy atom. The molecule has 0 aliphatic carbocycles. The summed E-state index contributed by atoms with van der Waals surface area (Å²) in [6.45, 7) is 5.18. The Hall–Kier alpha value is -4.47. The maximum atomic E-state index is 13.5. The van der Waals surface area contributed by atoms with Gasteiger partial charge in [0.05, 0.1) is 26.1 Å². The van der Waals surface area contributed by atoms with Crippen molar-refractivity contribution in [1.29, 1.82) is 5.41 Å².